The van der Waals surface area contributed by atoms with E-state index in [1.54, 1.807) is 31.2 Å². The minimum atomic E-state index is -0.808. The molecule has 0 saturated carbocycles. The zero-order chi connectivity index (χ0) is 18.1. The van der Waals surface area contributed by atoms with Gasteiger partial charge in [-0.15, -0.1) is 0 Å². The number of anilines is 1. The third kappa shape index (κ3) is 5.10. The number of benzene rings is 2. The molecule has 7 heteroatoms. The predicted molar refractivity (Wildman–Crippen MR) is 98.1 cm³/mol. The van der Waals surface area contributed by atoms with Crippen molar-refractivity contribution in [3.8, 4) is 6.07 Å². The first kappa shape index (κ1) is 18.6. The number of para-hydroxylation sites is 1. The van der Waals surface area contributed by atoms with Gasteiger partial charge in [0.2, 0.25) is 0 Å². The first-order valence-electron chi connectivity index (χ1n) is 7.58. The molecule has 2 rings (SSSR count). The van der Waals surface area contributed by atoms with Crippen molar-refractivity contribution < 1.29 is 4.79 Å². The predicted octanol–water partition coefficient (Wildman–Crippen LogP) is 3.89. The molecule has 0 aliphatic carbocycles. The molecule has 0 heterocycles. The van der Waals surface area contributed by atoms with Crippen molar-refractivity contribution in [2.75, 3.05) is 11.9 Å². The van der Waals surface area contributed by atoms with Crippen LogP contribution in [-0.4, -0.2) is 27.4 Å². The van der Waals surface area contributed by atoms with E-state index in [0.29, 0.717) is 11.3 Å². The molecule has 2 aromatic rings. The Morgan fingerprint density at radius 1 is 1.28 bits per heavy atom. The van der Waals surface area contributed by atoms with Crippen LogP contribution in [0.1, 0.15) is 18.1 Å². The molecule has 0 aliphatic heterocycles. The number of hydrogen-bond acceptors (Lipinski definition) is 3. The quantitative estimate of drug-likeness (QED) is 0.331. The molecule has 0 aliphatic rings. The van der Waals surface area contributed by atoms with Crippen molar-refractivity contribution in [1.82, 2.24) is 0 Å². The molecule has 6 nitrogen and oxygen atoms in total. The molecule has 25 heavy (non-hydrogen) atoms. The van der Waals surface area contributed by atoms with Gasteiger partial charge < -0.3 is 0 Å². The Kier molecular flexibility index (Phi) is 6.62. The standard InChI is InChI=1S/C18H17N5OSe/c1-18(13-21-23-20,25-12-14-7-3-2-4-8-14)17(24)22-16-10-6-5-9-15(16)11-19/h2-10H,12-13H2,1H3,(H,22,24). The molecule has 126 valence electrons. The van der Waals surface area contributed by atoms with Crippen LogP contribution in [-0.2, 0) is 10.1 Å². The number of rotatable bonds is 7. The summed E-state index contributed by atoms with van der Waals surface area (Å²) in [5, 5.41) is 16.4. The fourth-order valence-corrected chi connectivity index (χ4v) is 4.23. The van der Waals surface area contributed by atoms with Gasteiger partial charge in [-0.05, 0) is 0 Å². The van der Waals surface area contributed by atoms with Crippen molar-refractivity contribution in [2.24, 2.45) is 5.11 Å². The van der Waals surface area contributed by atoms with E-state index in [4.69, 9.17) is 10.8 Å². The van der Waals surface area contributed by atoms with Crippen LogP contribution in [0, 0.1) is 11.3 Å². The third-order valence-corrected chi connectivity index (χ3v) is 6.61. The van der Waals surface area contributed by atoms with Gasteiger partial charge in [0.15, 0.2) is 0 Å². The van der Waals surface area contributed by atoms with Gasteiger partial charge in [-0.25, -0.2) is 0 Å². The van der Waals surface area contributed by atoms with Crippen LogP contribution in [0.15, 0.2) is 59.7 Å². The van der Waals surface area contributed by atoms with Crippen LogP contribution in [0.2, 0.25) is 4.31 Å². The molecule has 1 amide bonds. The third-order valence-electron chi connectivity index (χ3n) is 3.61. The molecule has 0 saturated heterocycles. The Morgan fingerprint density at radius 3 is 2.64 bits per heavy atom. The summed E-state index contributed by atoms with van der Waals surface area (Å²) in [5.74, 6) is -0.237. The second-order valence-electron chi connectivity index (χ2n) is 5.51. The Labute approximate surface area is 152 Å². The molecule has 0 fully saturated rings. The second kappa shape index (κ2) is 8.91. The summed E-state index contributed by atoms with van der Waals surface area (Å²) in [6, 6.07) is 18.8. The molecular weight excluding hydrogens is 381 g/mol. The molecule has 0 spiro atoms. The molecule has 2 aromatic carbocycles. The maximum absolute atomic E-state index is 12.8. The van der Waals surface area contributed by atoms with Gasteiger partial charge in [-0.3, -0.25) is 0 Å². The van der Waals surface area contributed by atoms with Crippen LogP contribution in [0.4, 0.5) is 5.69 Å². The first-order valence-corrected chi connectivity index (χ1v) is 9.65. The van der Waals surface area contributed by atoms with E-state index in [9.17, 15) is 4.79 Å². The van der Waals surface area contributed by atoms with Gasteiger partial charge in [0.05, 0.1) is 0 Å². The molecule has 1 unspecified atom stereocenters. The van der Waals surface area contributed by atoms with Crippen LogP contribution >= 0.6 is 0 Å². The second-order valence-corrected chi connectivity index (χ2v) is 8.61. The van der Waals surface area contributed by atoms with Crippen molar-refractivity contribution in [3.05, 3.63) is 76.2 Å². The molecule has 0 aromatic heterocycles. The van der Waals surface area contributed by atoms with E-state index < -0.39 is 4.31 Å². The van der Waals surface area contributed by atoms with E-state index in [0.717, 1.165) is 10.9 Å². The Hall–Kier alpha value is -2.77. The summed E-state index contributed by atoms with van der Waals surface area (Å²) >= 11 is -0.131. The topological polar surface area (TPSA) is 102 Å². The van der Waals surface area contributed by atoms with Gasteiger partial charge in [-0.1, -0.05) is 0 Å². The van der Waals surface area contributed by atoms with Crippen molar-refractivity contribution >= 4 is 26.6 Å². The van der Waals surface area contributed by atoms with E-state index >= 15 is 0 Å². The monoisotopic (exact) mass is 399 g/mol. The SMILES string of the molecule is CC(CN=[N+]=[N-])([Se]Cc1ccccc1)C(=O)Nc1ccccc1C#N. The summed E-state index contributed by atoms with van der Waals surface area (Å²) < 4.78 is -0.808. The Balaban J connectivity index is 2.18. The fourth-order valence-electron chi connectivity index (χ4n) is 2.11. The Bertz CT molecular complexity index is 827. The van der Waals surface area contributed by atoms with Crippen molar-refractivity contribution in [2.45, 2.75) is 16.6 Å². The van der Waals surface area contributed by atoms with E-state index in [-0.39, 0.29) is 27.4 Å². The number of carbonyl (C=O) groups excluding carboxylic acids is 1. The summed E-state index contributed by atoms with van der Waals surface area (Å²) in [7, 11) is 0. The van der Waals surface area contributed by atoms with Gasteiger partial charge in [0.1, 0.15) is 0 Å². The van der Waals surface area contributed by atoms with Crippen LogP contribution < -0.4 is 5.32 Å². The zero-order valence-corrected chi connectivity index (χ0v) is 15.4. The average Bonchev–Trinajstić information content (AvgIpc) is 2.66. The number of nitriles is 1. The summed E-state index contributed by atoms with van der Waals surface area (Å²) in [6.07, 6.45) is 0. The molecule has 0 bridgehead atoms. The van der Waals surface area contributed by atoms with Crippen LogP contribution in [0.5, 0.6) is 0 Å². The van der Waals surface area contributed by atoms with Crippen LogP contribution in [0.3, 0.4) is 0 Å². The number of azide groups is 1. The van der Waals surface area contributed by atoms with Crippen molar-refractivity contribution in [1.29, 1.82) is 5.26 Å². The number of hydrogen-bond donors (Lipinski definition) is 1. The summed E-state index contributed by atoms with van der Waals surface area (Å²) in [4.78, 5) is 15.6. The molecule has 0 radical (unpaired) electrons. The van der Waals surface area contributed by atoms with E-state index in [2.05, 4.69) is 21.4 Å². The van der Waals surface area contributed by atoms with Gasteiger partial charge in [-0.2, -0.15) is 0 Å². The van der Waals surface area contributed by atoms with E-state index in [1.165, 1.54) is 0 Å². The Morgan fingerprint density at radius 2 is 1.96 bits per heavy atom. The number of nitrogens with zero attached hydrogens (tertiary/aromatic N) is 4. The minimum absolute atomic E-state index is 0.0802. The normalized spacial score (nSPS) is 12.3. The zero-order valence-electron chi connectivity index (χ0n) is 13.7. The van der Waals surface area contributed by atoms with Crippen LogP contribution in [0.25, 0.3) is 10.4 Å². The molecule has 1 N–H and O–H groups in total. The summed E-state index contributed by atoms with van der Waals surface area (Å²) in [6.45, 7) is 1.88. The molecule has 1 atom stereocenters. The average molecular weight is 398 g/mol. The number of amides is 1. The molecular formula is C18H17N5OSe. The van der Waals surface area contributed by atoms with Crippen molar-refractivity contribution in [3.63, 3.8) is 0 Å². The van der Waals surface area contributed by atoms with Gasteiger partial charge in [0, 0.05) is 0 Å². The number of carbonyl (C=O) groups is 1. The maximum atomic E-state index is 12.8. The fraction of sp³-hybridized carbons (Fsp3) is 0.222. The first-order chi connectivity index (χ1) is 12.1. The number of nitrogens with one attached hydrogen (secondary N) is 1. The van der Waals surface area contributed by atoms with E-state index in [1.807, 2.05) is 30.3 Å². The summed E-state index contributed by atoms with van der Waals surface area (Å²) in [5.41, 5.74) is 10.7. The van der Waals surface area contributed by atoms with Gasteiger partial charge >= 0.3 is 152 Å². The van der Waals surface area contributed by atoms with Gasteiger partial charge in [0.25, 0.3) is 0 Å².